The molecule has 1 aliphatic heterocycles. The number of hydrogen-bond acceptors (Lipinski definition) is 5. The highest BCUT2D eigenvalue weighted by Gasteiger charge is 2.26. The van der Waals surface area contributed by atoms with Crippen molar-refractivity contribution in [2.24, 2.45) is 11.8 Å². The van der Waals surface area contributed by atoms with Gasteiger partial charge in [0.2, 0.25) is 0 Å². The number of hydrogen-bond donors (Lipinski definition) is 1. The van der Waals surface area contributed by atoms with Crippen LogP contribution in [0.1, 0.15) is 89.4 Å². The molecule has 6 aromatic carbocycles. The van der Waals surface area contributed by atoms with E-state index in [4.69, 9.17) is 9.47 Å². The first kappa shape index (κ1) is 41.7. The first-order valence-corrected chi connectivity index (χ1v) is 22.3. The van der Waals surface area contributed by atoms with Crippen LogP contribution in [0.4, 0.5) is 17.1 Å². The van der Waals surface area contributed by atoms with Gasteiger partial charge in [-0.2, -0.15) is 0 Å². The minimum absolute atomic E-state index is 0.280. The normalized spacial score (nSPS) is 13.0. The van der Waals surface area contributed by atoms with Crippen molar-refractivity contribution in [1.82, 2.24) is 0 Å². The van der Waals surface area contributed by atoms with Crippen LogP contribution >= 0.6 is 11.8 Å². The first-order valence-electron chi connectivity index (χ1n) is 21.5. The van der Waals surface area contributed by atoms with E-state index in [2.05, 4.69) is 142 Å². The Hall–Kier alpha value is -5.46. The standard InChI is InChI=1S/C53H57NO4S/c1-5-9-11-37(7-3)35-57-47-27-19-41(20-28-47)44-23-31-49-51(33-44)59-52-34-45(42-21-29-48(30-22-42)58-36-38(8-4)12-10-6-2)24-32-50(52)54(49)46-25-17-40(18-26-46)39-13-15-43(16-14-39)53(55)56/h13-34,37-38H,5-12,35-36H2,1-4H3,(H,55,56). The van der Waals surface area contributed by atoms with Crippen LogP contribution in [-0.4, -0.2) is 24.3 Å². The van der Waals surface area contributed by atoms with E-state index in [1.54, 1.807) is 12.1 Å². The quantitative estimate of drug-likeness (QED) is 0.0879. The van der Waals surface area contributed by atoms with Crippen LogP contribution in [0.2, 0.25) is 0 Å². The molecule has 0 saturated heterocycles. The fourth-order valence-corrected chi connectivity index (χ4v) is 8.90. The number of anilines is 3. The first-order chi connectivity index (χ1) is 28.9. The second-order valence-electron chi connectivity index (χ2n) is 15.7. The van der Waals surface area contributed by atoms with Crippen molar-refractivity contribution >= 4 is 34.8 Å². The maximum atomic E-state index is 11.4. The van der Waals surface area contributed by atoms with Crippen molar-refractivity contribution in [3.05, 3.63) is 139 Å². The lowest BCUT2D eigenvalue weighted by Gasteiger charge is -2.33. The van der Waals surface area contributed by atoms with Gasteiger partial charge < -0.3 is 19.5 Å². The number of aromatic carboxylic acids is 1. The third-order valence-corrected chi connectivity index (χ3v) is 12.7. The smallest absolute Gasteiger partial charge is 0.335 e. The van der Waals surface area contributed by atoms with Gasteiger partial charge >= 0.3 is 5.97 Å². The minimum Gasteiger partial charge on any atom is -0.493 e. The Kier molecular flexibility index (Phi) is 14.1. The Morgan fingerprint density at radius 1 is 0.542 bits per heavy atom. The molecule has 304 valence electrons. The number of fused-ring (bicyclic) bond motifs is 2. The number of carbonyl (C=O) groups is 1. The second kappa shape index (κ2) is 20.0. The topological polar surface area (TPSA) is 59.0 Å². The maximum Gasteiger partial charge on any atom is 0.335 e. The van der Waals surface area contributed by atoms with E-state index in [1.165, 1.54) is 48.3 Å². The average Bonchev–Trinajstić information content (AvgIpc) is 3.28. The number of carboxylic acids is 1. The highest BCUT2D eigenvalue weighted by atomic mass is 32.2. The van der Waals surface area contributed by atoms with Gasteiger partial charge in [0.15, 0.2) is 0 Å². The van der Waals surface area contributed by atoms with Gasteiger partial charge in [0, 0.05) is 15.5 Å². The summed E-state index contributed by atoms with van der Waals surface area (Å²) >= 11 is 1.81. The molecule has 0 radical (unpaired) electrons. The van der Waals surface area contributed by atoms with E-state index in [-0.39, 0.29) is 5.56 Å². The summed E-state index contributed by atoms with van der Waals surface area (Å²) in [4.78, 5) is 16.2. The van der Waals surface area contributed by atoms with Crippen molar-refractivity contribution < 1.29 is 19.4 Å². The zero-order chi connectivity index (χ0) is 41.1. The summed E-state index contributed by atoms with van der Waals surface area (Å²) in [5.41, 5.74) is 10.2. The Bertz CT molecular complexity index is 2170. The maximum absolute atomic E-state index is 11.4. The van der Waals surface area contributed by atoms with Crippen LogP contribution in [0.3, 0.4) is 0 Å². The Labute approximate surface area is 355 Å². The van der Waals surface area contributed by atoms with Gasteiger partial charge in [-0.3, -0.25) is 0 Å². The summed E-state index contributed by atoms with van der Waals surface area (Å²) in [7, 11) is 0. The van der Waals surface area contributed by atoms with Gasteiger partial charge in [-0.05, 0) is 131 Å². The minimum atomic E-state index is -0.924. The number of carboxylic acid groups (broad SMARTS) is 1. The molecule has 7 rings (SSSR count). The highest BCUT2D eigenvalue weighted by Crippen LogP contribution is 2.53. The van der Waals surface area contributed by atoms with E-state index in [0.717, 1.165) is 88.0 Å². The largest absolute Gasteiger partial charge is 0.493 e. The molecule has 59 heavy (non-hydrogen) atoms. The third kappa shape index (κ3) is 10.2. The summed E-state index contributed by atoms with van der Waals surface area (Å²) in [6.07, 6.45) is 9.64. The average molecular weight is 804 g/mol. The molecule has 5 nitrogen and oxygen atoms in total. The lowest BCUT2D eigenvalue weighted by Crippen LogP contribution is -2.15. The molecule has 0 spiro atoms. The van der Waals surface area contributed by atoms with Crippen LogP contribution in [-0.2, 0) is 0 Å². The van der Waals surface area contributed by atoms with E-state index in [0.29, 0.717) is 11.8 Å². The molecule has 1 heterocycles. The SMILES string of the molecule is CCCCC(CC)COc1ccc(-c2ccc3c(c2)Sc2cc(-c4ccc(OCC(CC)CCCC)cc4)ccc2N3c2ccc(-c3ccc(C(=O)O)cc3)cc2)cc1. The lowest BCUT2D eigenvalue weighted by molar-refractivity contribution is 0.0697. The second-order valence-corrected chi connectivity index (χ2v) is 16.8. The molecule has 0 bridgehead atoms. The third-order valence-electron chi connectivity index (χ3n) is 11.6. The number of rotatable bonds is 19. The van der Waals surface area contributed by atoms with E-state index in [9.17, 15) is 9.90 Å². The molecule has 0 aromatic heterocycles. The Morgan fingerprint density at radius 2 is 0.932 bits per heavy atom. The molecule has 0 amide bonds. The summed E-state index contributed by atoms with van der Waals surface area (Å²) in [5.74, 6) is 2.09. The van der Waals surface area contributed by atoms with Crippen molar-refractivity contribution in [2.45, 2.75) is 88.9 Å². The molecule has 6 aromatic rings. The molecule has 2 unspecified atom stereocenters. The molecule has 1 aliphatic rings. The Balaban J connectivity index is 1.17. The number of benzene rings is 6. The van der Waals surface area contributed by atoms with Gasteiger partial charge in [0.1, 0.15) is 11.5 Å². The van der Waals surface area contributed by atoms with E-state index in [1.807, 2.05) is 23.9 Å². The zero-order valence-corrected chi connectivity index (χ0v) is 35.8. The van der Waals surface area contributed by atoms with Gasteiger partial charge in [0.05, 0.1) is 30.2 Å². The van der Waals surface area contributed by atoms with Crippen LogP contribution < -0.4 is 14.4 Å². The fraction of sp³-hybridized carbons (Fsp3) is 0.302. The van der Waals surface area contributed by atoms with Crippen LogP contribution in [0, 0.1) is 11.8 Å². The number of unbranched alkanes of at least 4 members (excludes halogenated alkanes) is 2. The molecule has 1 N–H and O–H groups in total. The van der Waals surface area contributed by atoms with E-state index >= 15 is 0 Å². The lowest BCUT2D eigenvalue weighted by atomic mass is 10.0. The summed E-state index contributed by atoms with van der Waals surface area (Å²) in [5, 5.41) is 9.39. The summed E-state index contributed by atoms with van der Waals surface area (Å²) < 4.78 is 12.5. The number of ether oxygens (including phenoxy) is 2. The molecular weight excluding hydrogens is 747 g/mol. The summed E-state index contributed by atoms with van der Waals surface area (Å²) in [6, 6.07) is 46.2. The highest BCUT2D eigenvalue weighted by molar-refractivity contribution is 7.99. The van der Waals surface area contributed by atoms with Crippen molar-refractivity contribution in [1.29, 1.82) is 0 Å². The van der Waals surface area contributed by atoms with Crippen LogP contribution in [0.5, 0.6) is 11.5 Å². The molecular formula is C53H57NO4S. The number of nitrogens with zero attached hydrogens (tertiary/aromatic N) is 1. The van der Waals surface area contributed by atoms with Gasteiger partial charge in [-0.25, -0.2) is 4.79 Å². The molecule has 2 atom stereocenters. The molecule has 0 fully saturated rings. The molecule has 6 heteroatoms. The predicted octanol–water partition coefficient (Wildman–Crippen LogP) is 15.5. The van der Waals surface area contributed by atoms with E-state index < -0.39 is 5.97 Å². The van der Waals surface area contributed by atoms with Gasteiger partial charge in [-0.15, -0.1) is 0 Å². The zero-order valence-electron chi connectivity index (χ0n) is 35.0. The predicted molar refractivity (Wildman–Crippen MR) is 246 cm³/mol. The summed E-state index contributed by atoms with van der Waals surface area (Å²) in [6.45, 7) is 10.5. The van der Waals surface area contributed by atoms with Crippen LogP contribution in [0.25, 0.3) is 33.4 Å². The monoisotopic (exact) mass is 803 g/mol. The molecule has 0 aliphatic carbocycles. The Morgan fingerprint density at radius 3 is 1.34 bits per heavy atom. The van der Waals surface area contributed by atoms with Gasteiger partial charge in [-0.1, -0.05) is 139 Å². The molecule has 0 saturated carbocycles. The van der Waals surface area contributed by atoms with Crippen molar-refractivity contribution in [3.63, 3.8) is 0 Å². The fourth-order valence-electron chi connectivity index (χ4n) is 7.77. The van der Waals surface area contributed by atoms with Crippen molar-refractivity contribution in [2.75, 3.05) is 18.1 Å². The van der Waals surface area contributed by atoms with Crippen LogP contribution in [0.15, 0.2) is 143 Å². The van der Waals surface area contributed by atoms with Crippen molar-refractivity contribution in [3.8, 4) is 44.9 Å². The van der Waals surface area contributed by atoms with Gasteiger partial charge in [0.25, 0.3) is 0 Å².